The van der Waals surface area contributed by atoms with Crippen LogP contribution in [-0.4, -0.2) is 54.9 Å². The average Bonchev–Trinajstić information content (AvgIpc) is 2.23. The molecule has 0 aromatic carbocycles. The van der Waals surface area contributed by atoms with E-state index in [1.54, 1.807) is 28.4 Å². The molecule has 0 bridgehead atoms. The summed E-state index contributed by atoms with van der Waals surface area (Å²) in [6.45, 7) is 2.76. The van der Waals surface area contributed by atoms with Gasteiger partial charge in [-0.25, -0.2) is 0 Å². The van der Waals surface area contributed by atoms with E-state index in [4.69, 9.17) is 17.7 Å². The van der Waals surface area contributed by atoms with Crippen LogP contribution in [0.5, 0.6) is 0 Å². The summed E-state index contributed by atoms with van der Waals surface area (Å²) in [7, 11) is 6.61. The molecule has 0 aromatic heterocycles. The van der Waals surface area contributed by atoms with Crippen LogP contribution in [0.1, 0.15) is 0 Å². The number of ether oxygens (including phenoxy) is 4. The van der Waals surface area contributed by atoms with Crippen molar-refractivity contribution in [2.45, 2.75) is 0 Å². The molecule has 0 aliphatic heterocycles. The van der Waals surface area contributed by atoms with Gasteiger partial charge in [0.25, 0.3) is 0 Å². The summed E-state index contributed by atoms with van der Waals surface area (Å²) in [5, 5.41) is 0. The van der Waals surface area contributed by atoms with Crippen molar-refractivity contribution in [3.63, 3.8) is 0 Å². The second-order valence-electron chi connectivity index (χ2n) is 2.15. The van der Waals surface area contributed by atoms with E-state index in [9.17, 15) is 0 Å². The van der Waals surface area contributed by atoms with E-state index in [0.717, 1.165) is 0 Å². The summed E-state index contributed by atoms with van der Waals surface area (Å²) in [6.07, 6.45) is 0. The van der Waals surface area contributed by atoms with Crippen LogP contribution in [0.15, 0.2) is 0 Å². The molecule has 0 radical (unpaired) electrons. The molecule has 0 aromatic rings. The molecule has 16 heavy (non-hydrogen) atoms. The number of halogens is 3. The van der Waals surface area contributed by atoms with E-state index >= 15 is 0 Å². The first-order chi connectivity index (χ1) is 7.56. The van der Waals surface area contributed by atoms with Gasteiger partial charge in [-0.1, -0.05) is 0 Å². The minimum absolute atomic E-state index is 0.691. The summed E-state index contributed by atoms with van der Waals surface area (Å²) in [6, 6.07) is 0. The Hall–Kier alpha value is 2.05. The Morgan fingerprint density at radius 3 is 0.812 bits per heavy atom. The number of hydrogen-bond donors (Lipinski definition) is 0. The predicted molar refractivity (Wildman–Crippen MR) is 65.1 cm³/mol. The molecule has 103 valence electrons. The van der Waals surface area contributed by atoms with Gasteiger partial charge in [0.2, 0.25) is 0 Å². The van der Waals surface area contributed by atoms with E-state index < -0.39 is 29.6 Å². The Balaban J connectivity index is -0.000000162. The third-order valence-electron chi connectivity index (χ3n) is 0.983. The molecule has 0 amide bonds. The van der Waals surface area contributed by atoms with Crippen LogP contribution in [0.2, 0.25) is 0 Å². The molecular weight excluding hydrogens is 417 g/mol. The Morgan fingerprint density at radius 2 is 0.750 bits per heavy atom. The molecule has 0 spiro atoms. The van der Waals surface area contributed by atoms with Crippen molar-refractivity contribution in [3.05, 3.63) is 0 Å². The fraction of sp³-hybridized carbons (Fsp3) is 1.00. The maximum absolute atomic E-state index is 5.00. The van der Waals surface area contributed by atoms with Gasteiger partial charge in [0.15, 0.2) is 0 Å². The van der Waals surface area contributed by atoms with Crippen molar-refractivity contribution in [1.29, 1.82) is 0 Å². The Labute approximate surface area is 119 Å². The molecule has 0 aliphatic carbocycles. The summed E-state index contributed by atoms with van der Waals surface area (Å²) in [5.41, 5.74) is 0. The average molecular weight is 437 g/mol. The molecule has 8 heteroatoms. The summed E-state index contributed by atoms with van der Waals surface area (Å²) < 4.78 is 18.6. The van der Waals surface area contributed by atoms with E-state index in [0.29, 0.717) is 26.4 Å². The van der Waals surface area contributed by atoms with Gasteiger partial charge < -0.3 is 18.9 Å². The number of rotatable bonds is 6. The molecule has 0 heterocycles. The Kier molecular flexibility index (Phi) is 37.3. The van der Waals surface area contributed by atoms with E-state index in [-0.39, 0.29) is 0 Å². The van der Waals surface area contributed by atoms with Crippen molar-refractivity contribution in [1.82, 2.24) is 0 Å². The first kappa shape index (κ1) is 23.2. The molecule has 0 aliphatic rings. The zero-order chi connectivity index (χ0) is 13.2. The molecule has 0 unspecified atom stereocenters. The third kappa shape index (κ3) is 56.1. The second-order valence-corrected chi connectivity index (χ2v) is 13.6. The van der Waals surface area contributed by atoms with Crippen molar-refractivity contribution in [2.75, 3.05) is 54.9 Å². The van der Waals surface area contributed by atoms with Gasteiger partial charge in [0.1, 0.15) is 0 Å². The Morgan fingerprint density at radius 1 is 0.625 bits per heavy atom. The third-order valence-corrected chi connectivity index (χ3v) is 0.983. The van der Waals surface area contributed by atoms with Gasteiger partial charge in [-0.05, 0) is 0 Å². The Bertz CT molecular complexity index is 82.6. The van der Waals surface area contributed by atoms with E-state index in [1.165, 1.54) is 0 Å². The normalized spacial score (nSPS) is 9.00. The van der Waals surface area contributed by atoms with E-state index in [2.05, 4.69) is 18.9 Å². The van der Waals surface area contributed by atoms with Gasteiger partial charge in [0.05, 0.1) is 26.4 Å². The number of methoxy groups -OCH3 is 4. The SMILES string of the molecule is COCCOC.COCCOC.[Cl][Sm]([Cl])[Cl]. The first-order valence-corrected chi connectivity index (χ1v) is 14.1. The van der Waals surface area contributed by atoms with Crippen LogP contribution in [-0.2, 0) is 18.9 Å². The molecule has 4 nitrogen and oxygen atoms in total. The van der Waals surface area contributed by atoms with Crippen molar-refractivity contribution in [2.24, 2.45) is 0 Å². The topological polar surface area (TPSA) is 36.9 Å². The quantitative estimate of drug-likeness (QED) is 0.600. The predicted octanol–water partition coefficient (Wildman–Crippen LogP) is 2.63. The summed E-state index contributed by atoms with van der Waals surface area (Å²) in [4.78, 5) is 0. The van der Waals surface area contributed by atoms with Gasteiger partial charge >= 0.3 is 47.2 Å². The molecule has 0 atom stereocenters. The first-order valence-electron chi connectivity index (χ1n) is 4.25. The summed E-state index contributed by atoms with van der Waals surface area (Å²) >= 11 is -2.11. The molecule has 0 N–H and O–H groups in total. The van der Waals surface area contributed by atoms with Gasteiger partial charge in [-0.3, -0.25) is 0 Å². The monoisotopic (exact) mass is 437 g/mol. The van der Waals surface area contributed by atoms with Gasteiger partial charge in [-0.15, -0.1) is 0 Å². The van der Waals surface area contributed by atoms with Crippen molar-refractivity contribution >= 4 is 17.7 Å². The van der Waals surface area contributed by atoms with Crippen LogP contribution in [0.4, 0.5) is 0 Å². The van der Waals surface area contributed by atoms with E-state index in [1.807, 2.05) is 0 Å². The van der Waals surface area contributed by atoms with Crippen LogP contribution >= 0.6 is 17.7 Å². The second kappa shape index (κ2) is 25.8. The van der Waals surface area contributed by atoms with Crippen LogP contribution in [0.25, 0.3) is 0 Å². The summed E-state index contributed by atoms with van der Waals surface area (Å²) in [5.74, 6) is 15.0. The fourth-order valence-corrected chi connectivity index (χ4v) is 0.333. The molecule has 0 saturated carbocycles. The van der Waals surface area contributed by atoms with Crippen molar-refractivity contribution < 1.29 is 48.5 Å². The molecule has 0 fully saturated rings. The molecule has 0 rings (SSSR count). The standard InChI is InChI=1S/2C4H10O2.3ClH.Sm/c2*1-5-3-4-6-2;;;;/h2*3-4H2,1-2H3;3*1H;/q;;;;;+3/p-3. The van der Waals surface area contributed by atoms with Gasteiger partial charge in [0, 0.05) is 28.4 Å². The van der Waals surface area contributed by atoms with Crippen LogP contribution in [0, 0.1) is 29.6 Å². The van der Waals surface area contributed by atoms with Crippen molar-refractivity contribution in [3.8, 4) is 0 Å². The maximum atomic E-state index is 5.00. The zero-order valence-electron chi connectivity index (χ0n) is 10.0. The molecular formula is C8H20Cl3O4Sm. The van der Waals surface area contributed by atoms with Crippen LogP contribution in [0.3, 0.4) is 0 Å². The van der Waals surface area contributed by atoms with Crippen LogP contribution < -0.4 is 0 Å². The van der Waals surface area contributed by atoms with Gasteiger partial charge in [-0.2, -0.15) is 0 Å². The fourth-order valence-electron chi connectivity index (χ4n) is 0.333. The number of hydrogen-bond acceptors (Lipinski definition) is 4. The minimum atomic E-state index is -2.11. The zero-order valence-corrected chi connectivity index (χ0v) is 14.9. The molecule has 0 saturated heterocycles.